The van der Waals surface area contributed by atoms with E-state index in [2.05, 4.69) is 21.6 Å². The number of nitrogens with zero attached hydrogens (tertiary/aromatic N) is 3. The lowest BCUT2D eigenvalue weighted by Crippen LogP contribution is -2.49. The van der Waals surface area contributed by atoms with E-state index in [0.717, 1.165) is 56.0 Å². The van der Waals surface area contributed by atoms with Crippen LogP contribution < -0.4 is 4.90 Å². The average molecular weight is 345 g/mol. The van der Waals surface area contributed by atoms with Crippen LogP contribution in [0.25, 0.3) is 10.8 Å². The fraction of sp³-hybridized carbons (Fsp3) is 0.471. The third-order valence-corrected chi connectivity index (χ3v) is 6.50. The number of ether oxygens (including phenoxy) is 1. The first kappa shape index (κ1) is 15.7. The standard InChI is InChI=1S/C17H19N3O3S/c21-20(22)16-2-1-15(13-3-6-18-11-14(13)16)19-7-10-24-17(12-19)4-8-23-9-5-17/h1-3,6,11H,4-5,7-10,12H2. The minimum Gasteiger partial charge on any atom is -0.381 e. The Morgan fingerprint density at radius 3 is 2.88 bits per heavy atom. The maximum absolute atomic E-state index is 11.3. The van der Waals surface area contributed by atoms with Gasteiger partial charge in [0, 0.05) is 66.3 Å². The molecule has 2 aliphatic heterocycles. The Labute approximate surface area is 144 Å². The van der Waals surface area contributed by atoms with Crippen molar-refractivity contribution < 1.29 is 9.66 Å². The zero-order valence-electron chi connectivity index (χ0n) is 13.3. The maximum atomic E-state index is 11.3. The Hall–Kier alpha value is -1.86. The smallest absolute Gasteiger partial charge is 0.278 e. The van der Waals surface area contributed by atoms with Crippen LogP contribution in [0.3, 0.4) is 0 Å². The number of fused-ring (bicyclic) bond motifs is 1. The van der Waals surface area contributed by atoms with Gasteiger partial charge in [0.05, 0.1) is 10.3 Å². The minimum absolute atomic E-state index is 0.119. The molecule has 0 N–H and O–H groups in total. The minimum atomic E-state index is -0.334. The molecule has 126 valence electrons. The van der Waals surface area contributed by atoms with Crippen LogP contribution in [-0.2, 0) is 4.74 Å². The van der Waals surface area contributed by atoms with E-state index < -0.39 is 0 Å². The van der Waals surface area contributed by atoms with Crippen molar-refractivity contribution >= 4 is 33.9 Å². The monoisotopic (exact) mass is 345 g/mol. The van der Waals surface area contributed by atoms with E-state index in [4.69, 9.17) is 4.74 Å². The van der Waals surface area contributed by atoms with Gasteiger partial charge in [-0.2, -0.15) is 11.8 Å². The highest BCUT2D eigenvalue weighted by Gasteiger charge is 2.38. The molecule has 2 fully saturated rings. The molecule has 6 nitrogen and oxygen atoms in total. The lowest BCUT2D eigenvalue weighted by molar-refractivity contribution is -0.383. The highest BCUT2D eigenvalue weighted by atomic mass is 32.2. The Morgan fingerprint density at radius 1 is 1.25 bits per heavy atom. The van der Waals surface area contributed by atoms with Crippen molar-refractivity contribution in [2.24, 2.45) is 0 Å². The molecule has 3 heterocycles. The molecule has 1 aromatic carbocycles. The van der Waals surface area contributed by atoms with E-state index in [0.29, 0.717) is 5.39 Å². The highest BCUT2D eigenvalue weighted by Crippen LogP contribution is 2.42. The SMILES string of the molecule is O=[N+]([O-])c1ccc(N2CCSC3(CCOCC3)C2)c2ccncc12. The molecule has 2 aliphatic rings. The topological polar surface area (TPSA) is 68.5 Å². The largest absolute Gasteiger partial charge is 0.381 e. The Bertz CT molecular complexity index is 771. The zero-order chi connectivity index (χ0) is 16.6. The summed E-state index contributed by atoms with van der Waals surface area (Å²) in [6.45, 7) is 3.58. The van der Waals surface area contributed by atoms with E-state index in [-0.39, 0.29) is 15.4 Å². The first-order chi connectivity index (χ1) is 11.7. The summed E-state index contributed by atoms with van der Waals surface area (Å²) in [6, 6.07) is 5.39. The Balaban J connectivity index is 1.74. The molecule has 7 heteroatoms. The number of rotatable bonds is 2. The quantitative estimate of drug-likeness (QED) is 0.615. The van der Waals surface area contributed by atoms with Gasteiger partial charge in [-0.1, -0.05) is 0 Å². The molecule has 1 spiro atoms. The molecule has 24 heavy (non-hydrogen) atoms. The summed E-state index contributed by atoms with van der Waals surface area (Å²) in [5, 5.41) is 12.8. The molecule has 0 atom stereocenters. The van der Waals surface area contributed by atoms with Crippen molar-refractivity contribution in [2.45, 2.75) is 17.6 Å². The van der Waals surface area contributed by atoms with Crippen molar-refractivity contribution in [3.8, 4) is 0 Å². The van der Waals surface area contributed by atoms with Gasteiger partial charge in [0.15, 0.2) is 0 Å². The van der Waals surface area contributed by atoms with Crippen LogP contribution in [0.2, 0.25) is 0 Å². The molecule has 4 rings (SSSR count). The van der Waals surface area contributed by atoms with Gasteiger partial charge in [0.2, 0.25) is 0 Å². The number of hydrogen-bond donors (Lipinski definition) is 0. The van der Waals surface area contributed by atoms with Crippen LogP contribution >= 0.6 is 11.8 Å². The number of pyridine rings is 1. The van der Waals surface area contributed by atoms with Crippen molar-refractivity contribution in [1.82, 2.24) is 4.98 Å². The van der Waals surface area contributed by atoms with Crippen LogP contribution in [0.1, 0.15) is 12.8 Å². The molecule has 0 saturated carbocycles. The van der Waals surface area contributed by atoms with Crippen molar-refractivity contribution in [2.75, 3.05) is 37.0 Å². The van der Waals surface area contributed by atoms with E-state index >= 15 is 0 Å². The molecule has 0 amide bonds. The molecule has 0 radical (unpaired) electrons. The van der Waals surface area contributed by atoms with Gasteiger partial charge in [-0.3, -0.25) is 15.1 Å². The molecule has 1 aromatic heterocycles. The molecule has 0 unspecified atom stereocenters. The highest BCUT2D eigenvalue weighted by molar-refractivity contribution is 8.00. The summed E-state index contributed by atoms with van der Waals surface area (Å²) >= 11 is 2.06. The van der Waals surface area contributed by atoms with Crippen LogP contribution in [0.15, 0.2) is 30.6 Å². The molecular formula is C17H19N3O3S. The number of nitro groups is 1. The molecule has 2 saturated heterocycles. The lowest BCUT2D eigenvalue weighted by atomic mass is 9.97. The van der Waals surface area contributed by atoms with E-state index in [1.807, 2.05) is 12.1 Å². The molecule has 2 aromatic rings. The average Bonchev–Trinajstić information content (AvgIpc) is 2.61. The van der Waals surface area contributed by atoms with Crippen LogP contribution in [0.4, 0.5) is 11.4 Å². The second-order valence-corrected chi connectivity index (χ2v) is 7.91. The summed E-state index contributed by atoms with van der Waals surface area (Å²) in [7, 11) is 0. The fourth-order valence-electron chi connectivity index (χ4n) is 3.69. The summed E-state index contributed by atoms with van der Waals surface area (Å²) in [5.41, 5.74) is 1.19. The predicted octanol–water partition coefficient (Wildman–Crippen LogP) is 3.25. The first-order valence-electron chi connectivity index (χ1n) is 8.16. The number of hydrogen-bond acceptors (Lipinski definition) is 6. The number of benzene rings is 1. The number of nitro benzene ring substituents is 1. The molecule has 0 bridgehead atoms. The summed E-state index contributed by atoms with van der Waals surface area (Å²) in [5.74, 6) is 1.07. The van der Waals surface area contributed by atoms with Crippen LogP contribution in [0.5, 0.6) is 0 Å². The lowest BCUT2D eigenvalue weighted by Gasteiger charge is -2.45. The van der Waals surface area contributed by atoms with Gasteiger partial charge >= 0.3 is 0 Å². The van der Waals surface area contributed by atoms with Gasteiger partial charge in [0.25, 0.3) is 5.69 Å². The van der Waals surface area contributed by atoms with Crippen LogP contribution in [0, 0.1) is 10.1 Å². The van der Waals surface area contributed by atoms with Crippen molar-refractivity contribution in [3.63, 3.8) is 0 Å². The van der Waals surface area contributed by atoms with Crippen molar-refractivity contribution in [3.05, 3.63) is 40.7 Å². The molecular weight excluding hydrogens is 326 g/mol. The number of anilines is 1. The van der Waals surface area contributed by atoms with Crippen molar-refractivity contribution in [1.29, 1.82) is 0 Å². The van der Waals surface area contributed by atoms with Crippen LogP contribution in [-0.4, -0.2) is 46.7 Å². The second kappa shape index (κ2) is 6.22. The van der Waals surface area contributed by atoms with E-state index in [1.165, 1.54) is 0 Å². The Morgan fingerprint density at radius 2 is 2.08 bits per heavy atom. The third kappa shape index (κ3) is 2.71. The normalized spacial score (nSPS) is 20.4. The van der Waals surface area contributed by atoms with Gasteiger partial charge < -0.3 is 9.64 Å². The van der Waals surface area contributed by atoms with E-state index in [1.54, 1.807) is 18.5 Å². The second-order valence-electron chi connectivity index (χ2n) is 6.35. The summed E-state index contributed by atoms with van der Waals surface area (Å²) < 4.78 is 5.78. The fourth-order valence-corrected chi connectivity index (χ4v) is 5.14. The summed E-state index contributed by atoms with van der Waals surface area (Å²) in [6.07, 6.45) is 5.44. The maximum Gasteiger partial charge on any atom is 0.278 e. The van der Waals surface area contributed by atoms with Gasteiger partial charge in [0.1, 0.15) is 0 Å². The summed E-state index contributed by atoms with van der Waals surface area (Å²) in [4.78, 5) is 17.4. The third-order valence-electron chi connectivity index (χ3n) is 4.96. The van der Waals surface area contributed by atoms with Gasteiger partial charge in [-0.25, -0.2) is 0 Å². The van der Waals surface area contributed by atoms with Gasteiger partial charge in [-0.05, 0) is 25.0 Å². The molecule has 0 aliphatic carbocycles. The predicted molar refractivity (Wildman–Crippen MR) is 95.9 cm³/mol. The Kier molecular flexibility index (Phi) is 4.05. The number of thioether (sulfide) groups is 1. The zero-order valence-corrected chi connectivity index (χ0v) is 14.1. The van der Waals surface area contributed by atoms with E-state index in [9.17, 15) is 10.1 Å². The van der Waals surface area contributed by atoms with Gasteiger partial charge in [-0.15, -0.1) is 0 Å². The number of non-ortho nitro benzene ring substituents is 1. The first-order valence-corrected chi connectivity index (χ1v) is 9.15. The number of aromatic nitrogens is 1.